The highest BCUT2D eigenvalue weighted by Gasteiger charge is 2.32. The highest BCUT2D eigenvalue weighted by atomic mass is 32.2. The first kappa shape index (κ1) is 24.2. The number of benzene rings is 3. The molecule has 3 unspecified atom stereocenters. The van der Waals surface area contributed by atoms with Crippen molar-refractivity contribution in [2.24, 2.45) is 0 Å². The molecule has 4 aromatic rings. The summed E-state index contributed by atoms with van der Waals surface area (Å²) in [6.07, 6.45) is 1.34. The number of H-pyrrole nitrogens is 1. The number of hydrogen-bond acceptors (Lipinski definition) is 7. The lowest BCUT2D eigenvalue weighted by Crippen LogP contribution is -2.31. The number of anilines is 1. The fraction of sp³-hybridized carbons (Fsp3) is 0.222. The van der Waals surface area contributed by atoms with Crippen molar-refractivity contribution in [2.45, 2.75) is 36.7 Å². The Labute approximate surface area is 213 Å². The van der Waals surface area contributed by atoms with Crippen molar-refractivity contribution in [1.29, 1.82) is 0 Å². The first-order chi connectivity index (χ1) is 17.7. The van der Waals surface area contributed by atoms with Crippen molar-refractivity contribution in [1.82, 2.24) is 15.2 Å². The molecule has 0 bridgehead atoms. The van der Waals surface area contributed by atoms with Crippen LogP contribution >= 0.6 is 11.8 Å². The zero-order valence-corrected chi connectivity index (χ0v) is 20.2. The van der Waals surface area contributed by atoms with Crippen molar-refractivity contribution in [3.05, 3.63) is 107 Å². The van der Waals surface area contributed by atoms with Crippen LogP contribution in [0.1, 0.15) is 45.9 Å². The summed E-state index contributed by atoms with van der Waals surface area (Å²) in [7, 11) is 0. The van der Waals surface area contributed by atoms with E-state index in [0.717, 1.165) is 21.8 Å². The van der Waals surface area contributed by atoms with Crippen molar-refractivity contribution in [3.63, 3.8) is 0 Å². The van der Waals surface area contributed by atoms with E-state index < -0.39 is 6.29 Å². The number of thioether (sulfide) groups is 1. The number of carbonyl (C=O) groups excluding carboxylic acids is 1. The Bertz CT molecular complexity index is 1250. The van der Waals surface area contributed by atoms with Gasteiger partial charge in [-0.1, -0.05) is 66.4 Å². The Kier molecular flexibility index (Phi) is 7.73. The van der Waals surface area contributed by atoms with Crippen LogP contribution in [0.3, 0.4) is 0 Å². The molecule has 1 amide bonds. The number of aromatic amines is 1. The summed E-state index contributed by atoms with van der Waals surface area (Å²) in [5.74, 6) is 0.523. The van der Waals surface area contributed by atoms with Gasteiger partial charge in [0.2, 0.25) is 0 Å². The number of aromatic nitrogens is 3. The number of amides is 1. The van der Waals surface area contributed by atoms with Gasteiger partial charge in [0, 0.05) is 29.0 Å². The second-order valence-electron chi connectivity index (χ2n) is 8.39. The van der Waals surface area contributed by atoms with Gasteiger partial charge < -0.3 is 19.9 Å². The summed E-state index contributed by atoms with van der Waals surface area (Å²) in [5, 5.41) is 19.8. The van der Waals surface area contributed by atoms with Crippen molar-refractivity contribution in [3.8, 4) is 0 Å². The lowest BCUT2D eigenvalue weighted by Gasteiger charge is -2.36. The van der Waals surface area contributed by atoms with Crippen LogP contribution in [0.25, 0.3) is 0 Å². The van der Waals surface area contributed by atoms with Gasteiger partial charge in [0.05, 0.1) is 18.8 Å². The van der Waals surface area contributed by atoms with E-state index in [1.54, 1.807) is 23.9 Å². The summed E-state index contributed by atoms with van der Waals surface area (Å²) >= 11 is 1.55. The van der Waals surface area contributed by atoms with Crippen LogP contribution in [0, 0.1) is 0 Å². The number of ether oxygens (including phenoxy) is 2. The molecule has 8 nitrogen and oxygen atoms in total. The first-order valence-electron chi connectivity index (χ1n) is 11.6. The predicted molar refractivity (Wildman–Crippen MR) is 136 cm³/mol. The fourth-order valence-electron chi connectivity index (χ4n) is 3.97. The fourth-order valence-corrected chi connectivity index (χ4v) is 4.77. The molecule has 0 aliphatic carbocycles. The molecular weight excluding hydrogens is 476 g/mol. The van der Waals surface area contributed by atoms with Gasteiger partial charge in [0.15, 0.2) is 11.4 Å². The molecule has 36 heavy (non-hydrogen) atoms. The molecule has 3 N–H and O–H groups in total. The summed E-state index contributed by atoms with van der Waals surface area (Å²) in [6.45, 7) is 0.00114. The monoisotopic (exact) mass is 502 g/mol. The van der Waals surface area contributed by atoms with Crippen molar-refractivity contribution >= 4 is 23.4 Å². The summed E-state index contributed by atoms with van der Waals surface area (Å²) in [5.41, 5.74) is 4.04. The average Bonchev–Trinajstić information content (AvgIpc) is 3.46. The minimum Gasteiger partial charge on any atom is -0.392 e. The van der Waals surface area contributed by atoms with E-state index in [1.807, 2.05) is 66.7 Å². The lowest BCUT2D eigenvalue weighted by molar-refractivity contribution is -0.245. The Morgan fingerprint density at radius 2 is 1.75 bits per heavy atom. The summed E-state index contributed by atoms with van der Waals surface area (Å²) in [6, 6.07) is 24.4. The third-order valence-electron chi connectivity index (χ3n) is 5.89. The van der Waals surface area contributed by atoms with Gasteiger partial charge in [-0.2, -0.15) is 5.10 Å². The average molecular weight is 503 g/mol. The van der Waals surface area contributed by atoms with Crippen LogP contribution in [0.2, 0.25) is 0 Å². The highest BCUT2D eigenvalue weighted by Crippen LogP contribution is 2.39. The molecule has 1 fully saturated rings. The maximum Gasteiger partial charge on any atom is 0.255 e. The largest absolute Gasteiger partial charge is 0.392 e. The molecule has 3 atom stereocenters. The quantitative estimate of drug-likeness (QED) is 0.294. The Morgan fingerprint density at radius 3 is 2.44 bits per heavy atom. The molecule has 1 aromatic heterocycles. The Balaban J connectivity index is 1.30. The van der Waals surface area contributed by atoms with Crippen molar-refractivity contribution < 1.29 is 19.4 Å². The van der Waals surface area contributed by atoms with Crippen LogP contribution in [-0.2, 0) is 16.1 Å². The smallest absolute Gasteiger partial charge is 0.255 e. The zero-order valence-electron chi connectivity index (χ0n) is 19.4. The van der Waals surface area contributed by atoms with Gasteiger partial charge in [-0.3, -0.25) is 9.89 Å². The molecule has 0 saturated carbocycles. The predicted octanol–water partition coefficient (Wildman–Crippen LogP) is 4.89. The summed E-state index contributed by atoms with van der Waals surface area (Å²) < 4.78 is 12.7. The number of nitrogens with one attached hydrogen (secondary N) is 2. The third kappa shape index (κ3) is 6.00. The Hall–Kier alpha value is -3.50. The van der Waals surface area contributed by atoms with E-state index in [4.69, 9.17) is 9.47 Å². The molecule has 3 aromatic carbocycles. The highest BCUT2D eigenvalue weighted by molar-refractivity contribution is 7.99. The molecule has 0 radical (unpaired) electrons. The molecule has 1 aliphatic heterocycles. The van der Waals surface area contributed by atoms with E-state index >= 15 is 0 Å². The minimum atomic E-state index is -0.569. The molecule has 5 rings (SSSR count). The number of carbonyl (C=O) groups is 1. The molecule has 2 heterocycles. The van der Waals surface area contributed by atoms with E-state index in [1.165, 1.54) is 6.33 Å². The normalized spacial score (nSPS) is 19.6. The lowest BCUT2D eigenvalue weighted by atomic mass is 10.0. The number of aliphatic hydroxyl groups is 1. The molecule has 1 saturated heterocycles. The SMILES string of the molecule is O=C(Nc1ccc(C2OC(CSc3ncn[nH]3)CC(c3ccc(CO)cc3)O2)cc1)c1ccccc1. The van der Waals surface area contributed by atoms with Gasteiger partial charge in [-0.25, -0.2) is 4.98 Å². The standard InChI is InChI=1S/C27H26N4O4S/c32-15-18-6-8-19(9-7-18)24-14-23(16-36-27-28-17-29-31-27)34-26(35-24)21-10-12-22(13-11-21)30-25(33)20-4-2-1-3-5-20/h1-13,17,23-24,26,32H,14-16H2,(H,30,33)(H,28,29,31). The zero-order chi connectivity index (χ0) is 24.7. The number of nitrogens with zero attached hydrogens (tertiary/aromatic N) is 2. The van der Waals surface area contributed by atoms with E-state index in [-0.39, 0.29) is 24.7 Å². The molecule has 9 heteroatoms. The summed E-state index contributed by atoms with van der Waals surface area (Å²) in [4.78, 5) is 16.6. The Morgan fingerprint density at radius 1 is 1.00 bits per heavy atom. The molecular formula is C27H26N4O4S. The van der Waals surface area contributed by atoms with Crippen LogP contribution in [0.4, 0.5) is 5.69 Å². The second-order valence-corrected chi connectivity index (χ2v) is 9.40. The van der Waals surface area contributed by atoms with Gasteiger partial charge in [0.25, 0.3) is 5.91 Å². The number of hydrogen-bond donors (Lipinski definition) is 3. The maximum atomic E-state index is 12.5. The first-order valence-corrected chi connectivity index (χ1v) is 12.6. The van der Waals surface area contributed by atoms with Crippen LogP contribution in [-0.4, -0.2) is 38.1 Å². The van der Waals surface area contributed by atoms with Crippen LogP contribution in [0.15, 0.2) is 90.3 Å². The van der Waals surface area contributed by atoms with Crippen LogP contribution in [0.5, 0.6) is 0 Å². The van der Waals surface area contributed by atoms with Gasteiger partial charge >= 0.3 is 0 Å². The van der Waals surface area contributed by atoms with Gasteiger partial charge in [0.1, 0.15) is 6.33 Å². The topological polar surface area (TPSA) is 109 Å². The van der Waals surface area contributed by atoms with E-state index in [9.17, 15) is 9.90 Å². The van der Waals surface area contributed by atoms with Crippen LogP contribution < -0.4 is 5.32 Å². The number of rotatable bonds is 8. The van der Waals surface area contributed by atoms with Crippen molar-refractivity contribution in [2.75, 3.05) is 11.1 Å². The van der Waals surface area contributed by atoms with E-state index in [0.29, 0.717) is 23.4 Å². The second kappa shape index (κ2) is 11.5. The van der Waals surface area contributed by atoms with E-state index in [2.05, 4.69) is 20.5 Å². The molecule has 1 aliphatic rings. The molecule has 184 valence electrons. The maximum absolute atomic E-state index is 12.5. The molecule has 0 spiro atoms. The number of aliphatic hydroxyl groups excluding tert-OH is 1. The van der Waals surface area contributed by atoms with Gasteiger partial charge in [-0.15, -0.1) is 0 Å². The minimum absolute atomic E-state index is 0.00114. The third-order valence-corrected chi connectivity index (χ3v) is 6.90. The van der Waals surface area contributed by atoms with Gasteiger partial charge in [-0.05, 0) is 35.4 Å².